The fourth-order valence-corrected chi connectivity index (χ4v) is 2.77. The Morgan fingerprint density at radius 1 is 1.44 bits per heavy atom. The lowest BCUT2D eigenvalue weighted by Crippen LogP contribution is -2.33. The molecule has 1 fully saturated rings. The molecular formula is C14H13ClF3N5O2. The van der Waals surface area contributed by atoms with Gasteiger partial charge in [0, 0.05) is 13.1 Å². The van der Waals surface area contributed by atoms with Crippen molar-refractivity contribution in [1.82, 2.24) is 20.1 Å². The summed E-state index contributed by atoms with van der Waals surface area (Å²) in [6.07, 6.45) is -3.80. The average molecular weight is 376 g/mol. The molecular weight excluding hydrogens is 363 g/mol. The van der Waals surface area contributed by atoms with Crippen LogP contribution in [0.4, 0.5) is 13.2 Å². The predicted molar refractivity (Wildman–Crippen MR) is 81.5 cm³/mol. The van der Waals surface area contributed by atoms with E-state index in [-0.39, 0.29) is 11.8 Å². The number of nitrogens with one attached hydrogen (secondary N) is 1. The zero-order valence-electron chi connectivity index (χ0n) is 12.7. The number of pyridine rings is 1. The maximum atomic E-state index is 13.0. The Bertz CT molecular complexity index is 785. The summed E-state index contributed by atoms with van der Waals surface area (Å²) in [7, 11) is 0. The first-order valence-corrected chi connectivity index (χ1v) is 7.61. The molecule has 0 saturated carbocycles. The topological polar surface area (TPSA) is 95.1 Å². The minimum atomic E-state index is -4.82. The van der Waals surface area contributed by atoms with E-state index >= 15 is 0 Å². The molecule has 1 saturated heterocycles. The van der Waals surface area contributed by atoms with Crippen LogP contribution in [0.15, 0.2) is 18.3 Å². The Kier molecular flexibility index (Phi) is 4.67. The molecule has 11 heteroatoms. The van der Waals surface area contributed by atoms with E-state index in [1.54, 1.807) is 6.07 Å². The molecule has 0 radical (unpaired) electrons. The Hall–Kier alpha value is -2.17. The third-order valence-corrected chi connectivity index (χ3v) is 3.96. The molecule has 3 heterocycles. The van der Waals surface area contributed by atoms with Gasteiger partial charge in [0.1, 0.15) is 11.1 Å². The number of nitrogens with zero attached hydrogens (tertiary/aromatic N) is 3. The number of alkyl halides is 3. The monoisotopic (exact) mass is 375 g/mol. The smallest absolute Gasteiger partial charge is 0.369 e. The molecule has 0 aliphatic carbocycles. The number of ether oxygens (including phenoxy) is 1. The summed E-state index contributed by atoms with van der Waals surface area (Å²) in [5, 5.41) is 5.69. The second-order valence-corrected chi connectivity index (χ2v) is 5.67. The van der Waals surface area contributed by atoms with Gasteiger partial charge in [-0.1, -0.05) is 11.6 Å². The zero-order valence-corrected chi connectivity index (χ0v) is 13.4. The SMILES string of the molecule is NC(=O)c1c(Cl)c(C(F)(F)F)nn1-c1ccc([C@H]2CNCCO2)nc1. The Morgan fingerprint density at radius 2 is 2.20 bits per heavy atom. The van der Waals surface area contributed by atoms with Crippen molar-refractivity contribution in [3.05, 3.63) is 40.4 Å². The second-order valence-electron chi connectivity index (χ2n) is 5.29. The zero-order chi connectivity index (χ0) is 18.2. The van der Waals surface area contributed by atoms with Gasteiger partial charge in [0.05, 0.1) is 24.2 Å². The molecule has 3 rings (SSSR count). The molecule has 0 bridgehead atoms. The molecule has 1 aliphatic rings. The first kappa shape index (κ1) is 17.6. The standard InChI is InChI=1S/C14H13ClF3N5O2/c15-10-11(13(19)24)23(22-12(10)14(16,17)18)7-1-2-8(21-5-7)9-6-20-3-4-25-9/h1-2,5,9,20H,3-4,6H2,(H2,19,24)/t9-/m1/s1. The van der Waals surface area contributed by atoms with Crippen LogP contribution >= 0.6 is 11.6 Å². The molecule has 0 unspecified atom stereocenters. The van der Waals surface area contributed by atoms with E-state index in [9.17, 15) is 18.0 Å². The molecule has 134 valence electrons. The Balaban J connectivity index is 1.99. The van der Waals surface area contributed by atoms with Gasteiger partial charge < -0.3 is 15.8 Å². The number of hydrogen-bond donors (Lipinski definition) is 2. The maximum absolute atomic E-state index is 13.0. The fourth-order valence-electron chi connectivity index (χ4n) is 2.45. The third-order valence-electron chi connectivity index (χ3n) is 3.60. The van der Waals surface area contributed by atoms with Gasteiger partial charge in [-0.15, -0.1) is 0 Å². The van der Waals surface area contributed by atoms with Gasteiger partial charge in [-0.3, -0.25) is 9.78 Å². The van der Waals surface area contributed by atoms with Crippen molar-refractivity contribution >= 4 is 17.5 Å². The molecule has 0 spiro atoms. The van der Waals surface area contributed by atoms with Crippen LogP contribution in [0.2, 0.25) is 5.02 Å². The van der Waals surface area contributed by atoms with Crippen LogP contribution < -0.4 is 11.1 Å². The van der Waals surface area contributed by atoms with E-state index < -0.39 is 28.5 Å². The van der Waals surface area contributed by atoms with Gasteiger partial charge in [0.2, 0.25) is 0 Å². The highest BCUT2D eigenvalue weighted by Crippen LogP contribution is 2.36. The largest absolute Gasteiger partial charge is 0.436 e. The van der Waals surface area contributed by atoms with Crippen LogP contribution in [0.5, 0.6) is 0 Å². The summed E-state index contributed by atoms with van der Waals surface area (Å²) in [5.74, 6) is -1.13. The van der Waals surface area contributed by atoms with E-state index in [0.29, 0.717) is 18.8 Å². The summed E-state index contributed by atoms with van der Waals surface area (Å²) in [4.78, 5) is 15.7. The van der Waals surface area contributed by atoms with Gasteiger partial charge in [-0.05, 0) is 12.1 Å². The number of amides is 1. The fraction of sp³-hybridized carbons (Fsp3) is 0.357. The van der Waals surface area contributed by atoms with Crippen molar-refractivity contribution in [2.75, 3.05) is 19.7 Å². The highest BCUT2D eigenvalue weighted by molar-refractivity contribution is 6.34. The third kappa shape index (κ3) is 3.46. The molecule has 2 aromatic heterocycles. The molecule has 1 atom stereocenters. The Morgan fingerprint density at radius 3 is 2.72 bits per heavy atom. The van der Waals surface area contributed by atoms with Gasteiger partial charge in [-0.2, -0.15) is 18.3 Å². The van der Waals surface area contributed by atoms with Crippen LogP contribution in [-0.4, -0.2) is 40.4 Å². The van der Waals surface area contributed by atoms with Gasteiger partial charge in [0.15, 0.2) is 11.4 Å². The van der Waals surface area contributed by atoms with Crippen molar-refractivity contribution < 1.29 is 22.7 Å². The minimum Gasteiger partial charge on any atom is -0.369 e. The number of nitrogens with two attached hydrogens (primary N) is 1. The van der Waals surface area contributed by atoms with Crippen LogP contribution in [0.25, 0.3) is 5.69 Å². The van der Waals surface area contributed by atoms with E-state index in [1.807, 2.05) is 0 Å². The van der Waals surface area contributed by atoms with Crippen molar-refractivity contribution in [3.63, 3.8) is 0 Å². The predicted octanol–water partition coefficient (Wildman–Crippen LogP) is 1.70. The summed E-state index contributed by atoms with van der Waals surface area (Å²) < 4.78 is 45.2. The molecule has 25 heavy (non-hydrogen) atoms. The highest BCUT2D eigenvalue weighted by atomic mass is 35.5. The highest BCUT2D eigenvalue weighted by Gasteiger charge is 2.40. The lowest BCUT2D eigenvalue weighted by atomic mass is 10.2. The lowest BCUT2D eigenvalue weighted by Gasteiger charge is -2.23. The number of hydrogen-bond acceptors (Lipinski definition) is 5. The molecule has 0 aromatic carbocycles. The first-order valence-electron chi connectivity index (χ1n) is 7.23. The first-order chi connectivity index (χ1) is 11.8. The number of morpholine rings is 1. The van der Waals surface area contributed by atoms with Crippen LogP contribution in [0, 0.1) is 0 Å². The number of halogens is 4. The molecule has 1 amide bonds. The quantitative estimate of drug-likeness (QED) is 0.851. The van der Waals surface area contributed by atoms with Gasteiger partial charge in [-0.25, -0.2) is 4.68 Å². The number of aromatic nitrogens is 3. The van der Waals surface area contributed by atoms with Crippen LogP contribution in [0.3, 0.4) is 0 Å². The van der Waals surface area contributed by atoms with Gasteiger partial charge in [0.25, 0.3) is 5.91 Å². The summed E-state index contributed by atoms with van der Waals surface area (Å²) in [6, 6.07) is 3.05. The summed E-state index contributed by atoms with van der Waals surface area (Å²) in [5.41, 5.74) is 3.94. The normalized spacial score (nSPS) is 18.3. The van der Waals surface area contributed by atoms with Crippen molar-refractivity contribution in [1.29, 1.82) is 0 Å². The minimum absolute atomic E-state index is 0.124. The van der Waals surface area contributed by atoms with Crippen LogP contribution in [0.1, 0.15) is 28.0 Å². The van der Waals surface area contributed by atoms with Gasteiger partial charge >= 0.3 is 6.18 Å². The number of rotatable bonds is 3. The average Bonchev–Trinajstić information content (AvgIpc) is 2.93. The Labute approximate surface area is 144 Å². The molecule has 7 nitrogen and oxygen atoms in total. The van der Waals surface area contributed by atoms with E-state index in [0.717, 1.165) is 11.2 Å². The number of carbonyl (C=O) groups is 1. The van der Waals surface area contributed by atoms with Crippen molar-refractivity contribution in [3.8, 4) is 5.69 Å². The van der Waals surface area contributed by atoms with E-state index in [1.165, 1.54) is 12.3 Å². The lowest BCUT2D eigenvalue weighted by molar-refractivity contribution is -0.141. The number of carbonyl (C=O) groups excluding carboxylic acids is 1. The van der Waals surface area contributed by atoms with E-state index in [4.69, 9.17) is 22.1 Å². The number of primary amides is 1. The van der Waals surface area contributed by atoms with Crippen LogP contribution in [-0.2, 0) is 10.9 Å². The molecule has 1 aliphatic heterocycles. The molecule has 3 N–H and O–H groups in total. The molecule has 2 aromatic rings. The maximum Gasteiger partial charge on any atom is 0.436 e. The van der Waals surface area contributed by atoms with Crippen molar-refractivity contribution in [2.45, 2.75) is 12.3 Å². The summed E-state index contributed by atoms with van der Waals surface area (Å²) >= 11 is 5.66. The summed E-state index contributed by atoms with van der Waals surface area (Å²) in [6.45, 7) is 1.84. The van der Waals surface area contributed by atoms with Crippen molar-refractivity contribution in [2.24, 2.45) is 5.73 Å². The second kappa shape index (κ2) is 6.62. The van der Waals surface area contributed by atoms with E-state index in [2.05, 4.69) is 15.4 Å².